The van der Waals surface area contributed by atoms with Crippen molar-refractivity contribution in [3.8, 4) is 5.75 Å². The van der Waals surface area contributed by atoms with Crippen LogP contribution in [-0.2, 0) is 78.3 Å². The summed E-state index contributed by atoms with van der Waals surface area (Å²) in [4.78, 5) is 198. The molecule has 14 amide bonds. The lowest BCUT2D eigenvalue weighted by Gasteiger charge is -2.30. The van der Waals surface area contributed by atoms with E-state index in [0.717, 1.165) is 18.7 Å². The normalized spacial score (nSPS) is 16.8. The average Bonchev–Trinajstić information content (AvgIpc) is 1.95. The van der Waals surface area contributed by atoms with Crippen molar-refractivity contribution in [2.45, 2.75) is 186 Å². The Morgan fingerprint density at radius 1 is 0.538 bits per heavy atom. The fraction of sp³-hybridized carbons (Fsp3) is 0.632. The van der Waals surface area contributed by atoms with E-state index in [2.05, 4.69) is 58.5 Å². The maximum atomic E-state index is 14.0. The van der Waals surface area contributed by atoms with E-state index in [1.54, 1.807) is 41.5 Å². The largest absolute Gasteiger partial charge is 0.508 e. The summed E-state index contributed by atoms with van der Waals surface area (Å²) in [6, 6.07) is -8.89. The number of phenolic OH excluding ortho intramolecular Hbond substituents is 1. The molecule has 1 fully saturated rings. The third kappa shape index (κ3) is 26.5. The van der Waals surface area contributed by atoms with E-state index >= 15 is 0 Å². The first-order valence-corrected chi connectivity index (χ1v) is 29.7. The van der Waals surface area contributed by atoms with E-state index in [-0.39, 0.29) is 31.1 Å². The Hall–Kier alpha value is -9.05. The van der Waals surface area contributed by atoms with Gasteiger partial charge < -0.3 is 101 Å². The second-order valence-electron chi connectivity index (χ2n) is 23.0. The van der Waals surface area contributed by atoms with Gasteiger partial charge in [-0.1, -0.05) is 60.1 Å². The molecule has 0 aromatic heterocycles. The molecule has 1 aliphatic rings. The molecule has 0 saturated carbocycles. The Labute approximate surface area is 525 Å². The number of likely N-dealkylation sites (tertiary alicyclic amines) is 1. The topological polar surface area (TPSA) is 551 Å². The number of hydrogen-bond acceptors (Lipinski definition) is 19. The molecule has 34 heteroatoms. The van der Waals surface area contributed by atoms with E-state index in [9.17, 15) is 87.2 Å². The number of carboxylic acid groups (broad SMARTS) is 1. The van der Waals surface area contributed by atoms with Crippen LogP contribution >= 0.6 is 0 Å². The minimum atomic E-state index is -1.88. The molecule has 1 heterocycles. The third-order valence-corrected chi connectivity index (χ3v) is 14.7. The predicted octanol–water partition coefficient (Wildman–Crippen LogP) is -6.76. The zero-order valence-electron chi connectivity index (χ0n) is 52.5. The molecule has 21 N–H and O–H groups in total. The second-order valence-corrected chi connectivity index (χ2v) is 23.0. The van der Waals surface area contributed by atoms with E-state index < -0.39 is 218 Å². The molecule has 0 radical (unpaired) electrons. The first-order valence-electron chi connectivity index (χ1n) is 29.7. The molecule has 508 valence electrons. The summed E-state index contributed by atoms with van der Waals surface area (Å²) >= 11 is 0. The van der Waals surface area contributed by atoms with Crippen LogP contribution in [0.15, 0.2) is 24.3 Å². The van der Waals surface area contributed by atoms with Crippen molar-refractivity contribution in [3.63, 3.8) is 0 Å². The smallest absolute Gasteiger partial charge is 0.322 e. The summed E-state index contributed by atoms with van der Waals surface area (Å²) in [6.45, 7) is 11.2. The van der Waals surface area contributed by atoms with Gasteiger partial charge in [0, 0.05) is 25.8 Å². The lowest BCUT2D eigenvalue weighted by atomic mass is 9.96. The predicted molar refractivity (Wildman–Crippen MR) is 322 cm³/mol. The highest BCUT2D eigenvalue weighted by atomic mass is 16.4. The lowest BCUT2D eigenvalue weighted by molar-refractivity contribution is -0.144. The first kappa shape index (κ1) is 78.0. The highest BCUT2D eigenvalue weighted by molar-refractivity contribution is 5.99. The Kier molecular flexibility index (Phi) is 32.4. The molecule has 2 rings (SSSR count). The fourth-order valence-electron chi connectivity index (χ4n) is 9.00. The third-order valence-electron chi connectivity index (χ3n) is 14.7. The Morgan fingerprint density at radius 3 is 1.53 bits per heavy atom. The van der Waals surface area contributed by atoms with Gasteiger partial charge in [0.15, 0.2) is 0 Å². The molecule has 34 nitrogen and oxygen atoms in total. The summed E-state index contributed by atoms with van der Waals surface area (Å²) in [6.07, 6.45) is -4.79. The van der Waals surface area contributed by atoms with Crippen LogP contribution in [0, 0.1) is 17.8 Å². The van der Waals surface area contributed by atoms with E-state index in [1.165, 1.54) is 31.2 Å². The molecular weight excluding hydrogens is 1200 g/mol. The maximum absolute atomic E-state index is 14.0. The van der Waals surface area contributed by atoms with Gasteiger partial charge in [-0.3, -0.25) is 71.9 Å². The number of primary amides is 2. The van der Waals surface area contributed by atoms with Crippen LogP contribution < -0.4 is 75.7 Å². The molecular formula is C57H91N15O19. The quantitative estimate of drug-likeness (QED) is 0.0293. The lowest BCUT2D eigenvalue weighted by Crippen LogP contribution is -2.61. The Balaban J connectivity index is 2.26. The minimum absolute atomic E-state index is 0.0179. The second kappa shape index (κ2) is 37.8. The van der Waals surface area contributed by atoms with Crippen LogP contribution in [0.1, 0.15) is 113 Å². The Morgan fingerprint density at radius 2 is 1.02 bits per heavy atom. The Bertz CT molecular complexity index is 2770. The van der Waals surface area contributed by atoms with Crippen molar-refractivity contribution in [3.05, 3.63) is 29.8 Å². The number of benzene rings is 1. The van der Waals surface area contributed by atoms with Crippen molar-refractivity contribution in [2.24, 2.45) is 35.0 Å². The molecule has 0 bridgehead atoms. The number of aliphatic hydroxyl groups is 2. The molecule has 0 spiro atoms. The summed E-state index contributed by atoms with van der Waals surface area (Å²) in [5, 5.41) is 66.3. The zero-order chi connectivity index (χ0) is 69.1. The van der Waals surface area contributed by atoms with Crippen molar-refractivity contribution in [2.75, 3.05) is 26.2 Å². The van der Waals surface area contributed by atoms with Crippen molar-refractivity contribution in [1.82, 2.24) is 63.4 Å². The molecule has 0 unspecified atom stereocenters. The van der Waals surface area contributed by atoms with E-state index in [0.29, 0.717) is 18.4 Å². The highest BCUT2D eigenvalue weighted by Gasteiger charge is 2.41. The minimum Gasteiger partial charge on any atom is -0.508 e. The molecule has 1 saturated heterocycles. The number of aliphatic carboxylic acids is 1. The van der Waals surface area contributed by atoms with Gasteiger partial charge in [-0.25, -0.2) is 0 Å². The van der Waals surface area contributed by atoms with Gasteiger partial charge in [0.1, 0.15) is 66.7 Å². The first-order chi connectivity index (χ1) is 42.5. The van der Waals surface area contributed by atoms with Crippen molar-refractivity contribution in [1.29, 1.82) is 0 Å². The highest BCUT2D eigenvalue weighted by Crippen LogP contribution is 2.20. The van der Waals surface area contributed by atoms with Crippen LogP contribution in [0.25, 0.3) is 0 Å². The molecule has 0 aliphatic carbocycles. The number of phenols is 1. The van der Waals surface area contributed by atoms with Gasteiger partial charge in [0.05, 0.1) is 31.3 Å². The molecule has 91 heavy (non-hydrogen) atoms. The number of nitrogens with zero attached hydrogens (tertiary/aromatic N) is 1. The summed E-state index contributed by atoms with van der Waals surface area (Å²) in [5.74, 6) is -16.1. The standard InChI is InChI=1S/C57H91N15O19/c1-10-28(6)45(70-55(89)44(27(4)5)69-51(85)36(22-32-13-15-33(75)16-14-32)65-40(78)23-61-53(87)43(60)26(2)3)54(88)62-24-41(79)68-46(30(8)73)56(90)67-35(18-20-39(59)77)50(84)66-34(17-19-38(58)76)49(83)64-29(7)48(82)71-47(31(9)74)57(91)72-21-11-12-37(72)52(86)63-25-42(80)81/h13-16,26-31,34-37,43-47,73-75H,10-12,17-25,60H2,1-9H3,(H2,58,76)(H2,59,77)(H,61,87)(H,62,88)(H,63,86)(H,64,83)(H,65,78)(H,66,84)(H,67,90)(H,68,79)(H,69,85)(H,70,89)(H,71,82)(H,80,81)/t28-,29-,30+,31+,34-,35-,36-,37-,43-,44-,45-,46-,47-/m0/s1. The van der Waals surface area contributed by atoms with Gasteiger partial charge in [-0.15, -0.1) is 0 Å². The van der Waals surface area contributed by atoms with Crippen LogP contribution in [0.4, 0.5) is 0 Å². The van der Waals surface area contributed by atoms with Crippen LogP contribution in [-0.4, -0.2) is 213 Å². The number of hydrogen-bond donors (Lipinski definition) is 18. The number of aromatic hydroxyl groups is 1. The van der Waals surface area contributed by atoms with Crippen LogP contribution in [0.2, 0.25) is 0 Å². The number of rotatable bonds is 38. The monoisotopic (exact) mass is 1290 g/mol. The van der Waals surface area contributed by atoms with Gasteiger partial charge in [-0.2, -0.15) is 0 Å². The van der Waals surface area contributed by atoms with Gasteiger partial charge in [0.2, 0.25) is 82.7 Å². The number of carboxylic acids is 1. The zero-order valence-corrected chi connectivity index (χ0v) is 52.5. The maximum Gasteiger partial charge on any atom is 0.322 e. The average molecular weight is 1290 g/mol. The number of carbonyl (C=O) groups excluding carboxylic acids is 14. The molecule has 1 aliphatic heterocycles. The van der Waals surface area contributed by atoms with Crippen molar-refractivity contribution < 1.29 is 92.3 Å². The van der Waals surface area contributed by atoms with E-state index in [4.69, 9.17) is 22.3 Å². The summed E-state index contributed by atoms with van der Waals surface area (Å²) in [7, 11) is 0. The van der Waals surface area contributed by atoms with Gasteiger partial charge in [0.25, 0.3) is 0 Å². The molecule has 1 aromatic carbocycles. The summed E-state index contributed by atoms with van der Waals surface area (Å²) in [5.41, 5.74) is 17.1. The van der Waals surface area contributed by atoms with E-state index in [1.807, 2.05) is 0 Å². The fourth-order valence-corrected chi connectivity index (χ4v) is 9.00. The van der Waals surface area contributed by atoms with Crippen LogP contribution in [0.5, 0.6) is 5.75 Å². The van der Waals surface area contributed by atoms with Gasteiger partial charge in [-0.05, 0) is 81.9 Å². The van der Waals surface area contributed by atoms with Crippen LogP contribution in [0.3, 0.4) is 0 Å². The SMILES string of the molecule is CC[C@H](C)[C@H](NC(=O)[C@@H](NC(=O)[C@H](Cc1ccc(O)cc1)NC(=O)CNC(=O)[C@@H](N)C(C)C)C(C)C)C(=O)NCC(=O)N[C@H](C(=O)N[C@@H](CCC(N)=O)C(=O)N[C@@H](CCC(N)=O)C(=O)N[C@@H](C)C(=O)N[C@H](C(=O)N1CCC[C@H]1C(=O)NCC(=O)O)[C@@H](C)O)[C@@H](C)O. The number of aliphatic hydroxyl groups excluding tert-OH is 2. The number of nitrogens with one attached hydrogen (secondary N) is 11. The number of amides is 14. The molecule has 13 atom stereocenters. The number of nitrogens with two attached hydrogens (primary N) is 3. The van der Waals surface area contributed by atoms with Gasteiger partial charge >= 0.3 is 5.97 Å². The summed E-state index contributed by atoms with van der Waals surface area (Å²) < 4.78 is 0. The molecule has 1 aromatic rings. The number of carbonyl (C=O) groups is 15. The van der Waals surface area contributed by atoms with Crippen molar-refractivity contribution >= 4 is 88.7 Å².